The van der Waals surface area contributed by atoms with Gasteiger partial charge in [0, 0.05) is 12.3 Å². The fraction of sp³-hybridized carbons (Fsp3) is 0.0714. The normalized spacial score (nSPS) is 10.8. The van der Waals surface area contributed by atoms with Gasteiger partial charge in [0.1, 0.15) is 23.8 Å². The molecule has 0 aliphatic carbocycles. The lowest BCUT2D eigenvalue weighted by Crippen LogP contribution is -1.96. The number of hydrogen-bond acceptors (Lipinski definition) is 3. The van der Waals surface area contributed by atoms with Gasteiger partial charge >= 0.3 is 0 Å². The number of phenolic OH excluding ortho intramolecular Hbond substituents is 1. The molecule has 96 valence electrons. The quantitative estimate of drug-likeness (QED) is 0.797. The van der Waals surface area contributed by atoms with E-state index in [1.165, 1.54) is 0 Å². The van der Waals surface area contributed by atoms with Gasteiger partial charge in [0.25, 0.3) is 0 Å². The molecule has 1 N–H and O–H groups in total. The smallest absolute Gasteiger partial charge is 0.207 e. The molecule has 0 bridgehead atoms. The number of rotatable bonds is 3. The van der Waals surface area contributed by atoms with Crippen molar-refractivity contribution in [2.45, 2.75) is 6.61 Å². The third-order valence-corrected chi connectivity index (χ3v) is 3.04. The summed E-state index contributed by atoms with van der Waals surface area (Å²) in [6.45, 7) is 0.295. The Balaban J connectivity index is 1.86. The average Bonchev–Trinajstić information content (AvgIpc) is 2.74. The minimum absolute atomic E-state index is 0.172. The van der Waals surface area contributed by atoms with E-state index in [2.05, 4.69) is 4.98 Å². The number of pyridine rings is 1. The molecule has 3 rings (SSSR count). The monoisotopic (exact) mass is 274 g/mol. The first-order valence-corrected chi connectivity index (χ1v) is 6.15. The van der Waals surface area contributed by atoms with Crippen molar-refractivity contribution in [2.75, 3.05) is 0 Å². The number of benzene rings is 1. The van der Waals surface area contributed by atoms with Crippen molar-refractivity contribution in [2.24, 2.45) is 0 Å². The molecular weight excluding hydrogens is 264 g/mol. The molecule has 0 unspecified atom stereocenters. The Labute approximate surface area is 114 Å². The van der Waals surface area contributed by atoms with E-state index < -0.39 is 0 Å². The van der Waals surface area contributed by atoms with Crippen molar-refractivity contribution in [1.82, 2.24) is 9.38 Å². The summed E-state index contributed by atoms with van der Waals surface area (Å²) in [5.74, 6) is 0.762. The molecule has 0 aliphatic heterocycles. The minimum atomic E-state index is 0.172. The number of hydrogen-bond donors (Lipinski definition) is 1. The third kappa shape index (κ3) is 2.35. The molecule has 2 aromatic heterocycles. The highest BCUT2D eigenvalue weighted by molar-refractivity contribution is 6.28. The van der Waals surface area contributed by atoms with Crippen LogP contribution in [0.15, 0.2) is 48.7 Å². The maximum Gasteiger partial charge on any atom is 0.207 e. The Bertz CT molecular complexity index is 724. The van der Waals surface area contributed by atoms with Crippen molar-refractivity contribution in [3.05, 3.63) is 59.6 Å². The van der Waals surface area contributed by atoms with Crippen molar-refractivity contribution in [3.8, 4) is 11.5 Å². The van der Waals surface area contributed by atoms with E-state index in [1.807, 2.05) is 24.4 Å². The van der Waals surface area contributed by atoms with Crippen molar-refractivity contribution >= 4 is 17.1 Å². The van der Waals surface area contributed by atoms with Crippen LogP contribution in [0, 0.1) is 0 Å². The highest BCUT2D eigenvalue weighted by Gasteiger charge is 2.09. The number of ether oxygens (including phenoxy) is 1. The highest BCUT2D eigenvalue weighted by Crippen LogP contribution is 2.21. The van der Waals surface area contributed by atoms with Gasteiger partial charge in [-0.05, 0) is 35.9 Å². The number of aromatic nitrogens is 2. The van der Waals surface area contributed by atoms with Crippen LogP contribution in [0.25, 0.3) is 5.52 Å². The zero-order chi connectivity index (χ0) is 13.2. The van der Waals surface area contributed by atoms with Gasteiger partial charge < -0.3 is 9.84 Å². The topological polar surface area (TPSA) is 46.8 Å². The summed E-state index contributed by atoms with van der Waals surface area (Å²) in [6, 6.07) is 12.4. The summed E-state index contributed by atoms with van der Waals surface area (Å²) in [5, 5.41) is 9.77. The Morgan fingerprint density at radius 2 is 2.11 bits per heavy atom. The zero-order valence-electron chi connectivity index (χ0n) is 9.95. The summed E-state index contributed by atoms with van der Waals surface area (Å²) >= 11 is 6.04. The molecule has 3 aromatic rings. The molecule has 5 heteroatoms. The van der Waals surface area contributed by atoms with E-state index >= 15 is 0 Å². The molecule has 0 saturated carbocycles. The largest absolute Gasteiger partial charge is 0.508 e. The first-order chi connectivity index (χ1) is 9.24. The Kier molecular flexibility index (Phi) is 3.01. The van der Waals surface area contributed by atoms with E-state index in [1.54, 1.807) is 28.7 Å². The number of aromatic hydroxyl groups is 1. The lowest BCUT2D eigenvalue weighted by Gasteiger charge is -2.04. The van der Waals surface area contributed by atoms with Crippen molar-refractivity contribution in [3.63, 3.8) is 0 Å². The van der Waals surface area contributed by atoms with Gasteiger partial charge in [-0.3, -0.25) is 4.40 Å². The lowest BCUT2D eigenvalue weighted by molar-refractivity contribution is 0.301. The molecular formula is C14H11ClN2O2. The standard InChI is InChI=1S/C14H11ClN2O2/c15-14-16-12(13-6-1-2-7-17(13)14)9-19-11-5-3-4-10(18)8-11/h1-8,18H,9H2. The molecule has 0 spiro atoms. The second kappa shape index (κ2) is 4.82. The van der Waals surface area contributed by atoms with Crippen LogP contribution >= 0.6 is 11.6 Å². The maximum atomic E-state index is 9.37. The SMILES string of the molecule is Oc1cccc(OCc2nc(Cl)n3ccccc23)c1. The Hall–Kier alpha value is -2.20. The Morgan fingerprint density at radius 3 is 2.95 bits per heavy atom. The molecule has 0 fully saturated rings. The molecule has 4 nitrogen and oxygen atoms in total. The summed E-state index contributed by atoms with van der Waals surface area (Å²) < 4.78 is 7.39. The molecule has 0 amide bonds. The van der Waals surface area contributed by atoms with E-state index in [4.69, 9.17) is 16.3 Å². The molecule has 2 heterocycles. The van der Waals surface area contributed by atoms with Crippen LogP contribution in [0.4, 0.5) is 0 Å². The van der Waals surface area contributed by atoms with Crippen molar-refractivity contribution in [1.29, 1.82) is 0 Å². The van der Waals surface area contributed by atoms with Crippen molar-refractivity contribution < 1.29 is 9.84 Å². The van der Waals surface area contributed by atoms with Crippen LogP contribution in [-0.2, 0) is 6.61 Å². The fourth-order valence-corrected chi connectivity index (χ4v) is 2.14. The average molecular weight is 275 g/mol. The second-order valence-electron chi connectivity index (χ2n) is 4.07. The summed E-state index contributed by atoms with van der Waals surface area (Å²) in [6.07, 6.45) is 1.85. The third-order valence-electron chi connectivity index (χ3n) is 2.77. The lowest BCUT2D eigenvalue weighted by atomic mass is 10.3. The van der Waals surface area contributed by atoms with Gasteiger partial charge in [-0.2, -0.15) is 0 Å². The van der Waals surface area contributed by atoms with Gasteiger partial charge in [0.15, 0.2) is 0 Å². The van der Waals surface area contributed by atoms with Crippen LogP contribution in [0.2, 0.25) is 5.28 Å². The van der Waals surface area contributed by atoms with Crippen LogP contribution in [0.3, 0.4) is 0 Å². The number of phenols is 1. The van der Waals surface area contributed by atoms with Gasteiger partial charge in [0.2, 0.25) is 5.28 Å². The zero-order valence-corrected chi connectivity index (χ0v) is 10.7. The first-order valence-electron chi connectivity index (χ1n) is 5.77. The predicted octanol–water partition coefficient (Wildman–Crippen LogP) is 3.27. The summed E-state index contributed by atoms with van der Waals surface area (Å²) in [7, 11) is 0. The summed E-state index contributed by atoms with van der Waals surface area (Å²) in [4.78, 5) is 4.27. The number of halogens is 1. The number of nitrogens with zero attached hydrogens (tertiary/aromatic N) is 2. The van der Waals surface area contributed by atoms with E-state index in [0.717, 1.165) is 11.2 Å². The molecule has 0 saturated heterocycles. The molecule has 0 atom stereocenters. The molecule has 0 radical (unpaired) electrons. The molecule has 0 aliphatic rings. The van der Waals surface area contributed by atoms with Crippen LogP contribution < -0.4 is 4.74 Å². The predicted molar refractivity (Wildman–Crippen MR) is 72.6 cm³/mol. The van der Waals surface area contributed by atoms with E-state index in [9.17, 15) is 5.11 Å². The number of imidazole rings is 1. The second-order valence-corrected chi connectivity index (χ2v) is 4.41. The van der Waals surface area contributed by atoms with E-state index in [0.29, 0.717) is 17.6 Å². The summed E-state index contributed by atoms with van der Waals surface area (Å²) in [5.41, 5.74) is 1.67. The van der Waals surface area contributed by atoms with Gasteiger partial charge in [0.05, 0.1) is 5.52 Å². The van der Waals surface area contributed by atoms with E-state index in [-0.39, 0.29) is 5.75 Å². The van der Waals surface area contributed by atoms with Gasteiger partial charge in [-0.15, -0.1) is 0 Å². The van der Waals surface area contributed by atoms with Gasteiger partial charge in [-0.1, -0.05) is 12.1 Å². The van der Waals surface area contributed by atoms with Crippen LogP contribution in [-0.4, -0.2) is 14.5 Å². The molecule has 1 aromatic carbocycles. The van der Waals surface area contributed by atoms with Gasteiger partial charge in [-0.25, -0.2) is 4.98 Å². The highest BCUT2D eigenvalue weighted by atomic mass is 35.5. The van der Waals surface area contributed by atoms with Crippen LogP contribution in [0.5, 0.6) is 11.5 Å². The first kappa shape index (κ1) is 11.9. The molecule has 19 heavy (non-hydrogen) atoms. The fourth-order valence-electron chi connectivity index (χ4n) is 1.89. The number of fused-ring (bicyclic) bond motifs is 1. The van der Waals surface area contributed by atoms with Crippen LogP contribution in [0.1, 0.15) is 5.69 Å². The maximum absolute atomic E-state index is 9.37. The minimum Gasteiger partial charge on any atom is -0.508 e. The Morgan fingerprint density at radius 1 is 1.21 bits per heavy atom.